The molecule has 20 heavy (non-hydrogen) atoms. The molecule has 2 rings (SSSR count). The molecule has 0 atom stereocenters. The molecule has 1 aromatic rings. The quantitative estimate of drug-likeness (QED) is 0.641. The van der Waals surface area contributed by atoms with Gasteiger partial charge in [0, 0.05) is 11.4 Å². The van der Waals surface area contributed by atoms with E-state index < -0.39 is 23.1 Å². The van der Waals surface area contributed by atoms with Crippen molar-refractivity contribution < 1.29 is 24.4 Å². The zero-order chi connectivity index (χ0) is 14.9. The molecule has 0 aromatic carbocycles. The molecule has 1 saturated heterocycles. The lowest BCUT2D eigenvalue weighted by molar-refractivity contribution is -0.380. The van der Waals surface area contributed by atoms with Crippen LogP contribution in [0, 0.1) is 10.1 Å². The minimum absolute atomic E-state index is 0.0845. The fourth-order valence-electron chi connectivity index (χ4n) is 1.95. The Bertz CT molecular complexity index is 563. The summed E-state index contributed by atoms with van der Waals surface area (Å²) in [6.07, 6.45) is 0. The number of carbonyl (C=O) groups excluding carboxylic acids is 1. The molecular formula is C11H12N2O6S. The van der Waals surface area contributed by atoms with Crippen LogP contribution in [0.3, 0.4) is 0 Å². The molecule has 108 valence electrons. The molecule has 1 N–H and O–H groups in total. The Morgan fingerprint density at radius 3 is 2.75 bits per heavy atom. The molecule has 9 heteroatoms. The fraction of sp³-hybridized carbons (Fsp3) is 0.455. The maximum atomic E-state index is 12.0. The van der Waals surface area contributed by atoms with Crippen LogP contribution < -0.4 is 0 Å². The highest BCUT2D eigenvalue weighted by molar-refractivity contribution is 7.13. The first-order chi connectivity index (χ1) is 9.31. The smallest absolute Gasteiger partial charge is 0.329 e. The molecule has 1 fully saturated rings. The highest BCUT2D eigenvalue weighted by Crippen LogP contribution is 2.29. The van der Waals surface area contributed by atoms with Crippen LogP contribution in [-0.4, -0.2) is 52.1 Å². The van der Waals surface area contributed by atoms with Gasteiger partial charge in [-0.3, -0.25) is 14.9 Å². The van der Waals surface area contributed by atoms with E-state index in [9.17, 15) is 19.7 Å². The minimum Gasteiger partial charge on any atom is -0.480 e. The van der Waals surface area contributed by atoms with E-state index >= 15 is 0 Å². The van der Waals surface area contributed by atoms with Crippen LogP contribution in [0.15, 0.2) is 11.4 Å². The van der Waals surface area contributed by atoms with Gasteiger partial charge in [-0.1, -0.05) is 11.3 Å². The molecule has 1 aliphatic rings. The molecule has 0 saturated carbocycles. The summed E-state index contributed by atoms with van der Waals surface area (Å²) >= 11 is 0.896. The highest BCUT2D eigenvalue weighted by Gasteiger charge is 2.43. The van der Waals surface area contributed by atoms with Gasteiger partial charge in [0.05, 0.1) is 23.6 Å². The van der Waals surface area contributed by atoms with Gasteiger partial charge in [0.15, 0.2) is 0 Å². The summed E-state index contributed by atoms with van der Waals surface area (Å²) in [5.74, 6) is -1.38. The Labute approximate surface area is 117 Å². The lowest BCUT2D eigenvalue weighted by Gasteiger charge is -2.47. The lowest BCUT2D eigenvalue weighted by Crippen LogP contribution is -2.63. The van der Waals surface area contributed by atoms with Crippen LogP contribution in [0.5, 0.6) is 0 Å². The monoisotopic (exact) mass is 300 g/mol. The fourth-order valence-corrected chi connectivity index (χ4v) is 2.65. The average molecular weight is 300 g/mol. The molecule has 0 bridgehead atoms. The number of hydrogen-bond donors (Lipinski definition) is 1. The molecule has 1 amide bonds. The summed E-state index contributed by atoms with van der Waals surface area (Å²) in [6, 6.07) is 1.24. The van der Waals surface area contributed by atoms with E-state index in [0.29, 0.717) is 0 Å². The third-order valence-electron chi connectivity index (χ3n) is 2.89. The summed E-state index contributed by atoms with van der Waals surface area (Å²) < 4.78 is 5.19. The number of amides is 1. The van der Waals surface area contributed by atoms with Gasteiger partial charge in [-0.25, -0.2) is 4.79 Å². The Morgan fingerprint density at radius 1 is 1.60 bits per heavy atom. The molecule has 2 heterocycles. The lowest BCUT2D eigenvalue weighted by atomic mass is 9.95. The first-order valence-corrected chi connectivity index (χ1v) is 6.57. The van der Waals surface area contributed by atoms with Crippen molar-refractivity contribution in [2.24, 2.45) is 0 Å². The molecule has 8 nitrogen and oxygen atoms in total. The number of hydrogen-bond acceptors (Lipinski definition) is 6. The van der Waals surface area contributed by atoms with Crippen molar-refractivity contribution in [3.63, 3.8) is 0 Å². The van der Waals surface area contributed by atoms with Gasteiger partial charge >= 0.3 is 11.0 Å². The Balaban J connectivity index is 1.92. The summed E-state index contributed by atoms with van der Waals surface area (Å²) in [6.45, 7) is 1.84. The van der Waals surface area contributed by atoms with Crippen LogP contribution in [0.2, 0.25) is 0 Å². The van der Waals surface area contributed by atoms with E-state index in [1.807, 2.05) is 0 Å². The van der Waals surface area contributed by atoms with Crippen molar-refractivity contribution in [1.82, 2.24) is 4.90 Å². The number of carboxylic acids is 1. The number of nitrogens with zero attached hydrogens (tertiary/aromatic N) is 2. The Morgan fingerprint density at radius 2 is 2.25 bits per heavy atom. The molecule has 0 spiro atoms. The summed E-state index contributed by atoms with van der Waals surface area (Å²) in [5, 5.41) is 20.4. The molecule has 0 aliphatic carbocycles. The molecule has 1 aromatic heterocycles. The van der Waals surface area contributed by atoms with Crippen LogP contribution in [-0.2, 0) is 9.53 Å². The first kappa shape index (κ1) is 14.4. The molecular weight excluding hydrogens is 288 g/mol. The average Bonchev–Trinajstić information content (AvgIpc) is 2.81. The number of thiophene rings is 1. The molecule has 1 aliphatic heterocycles. The van der Waals surface area contributed by atoms with Crippen molar-refractivity contribution >= 4 is 28.2 Å². The number of likely N-dealkylation sites (tertiary alicyclic amines) is 1. The van der Waals surface area contributed by atoms with Gasteiger partial charge in [0.25, 0.3) is 5.91 Å². The van der Waals surface area contributed by atoms with E-state index in [2.05, 4.69) is 0 Å². The van der Waals surface area contributed by atoms with Crippen molar-refractivity contribution in [3.8, 4) is 0 Å². The van der Waals surface area contributed by atoms with E-state index in [0.717, 1.165) is 11.3 Å². The second kappa shape index (κ2) is 5.17. The van der Waals surface area contributed by atoms with E-state index in [1.165, 1.54) is 16.3 Å². The highest BCUT2D eigenvalue weighted by atomic mass is 32.1. The van der Waals surface area contributed by atoms with E-state index in [-0.39, 0.29) is 29.6 Å². The van der Waals surface area contributed by atoms with E-state index in [4.69, 9.17) is 9.84 Å². The van der Waals surface area contributed by atoms with Gasteiger partial charge in [-0.15, -0.1) is 0 Å². The van der Waals surface area contributed by atoms with Crippen molar-refractivity contribution in [2.75, 3.05) is 19.7 Å². The minimum atomic E-state index is -1.07. The Kier molecular flexibility index (Phi) is 3.73. The van der Waals surface area contributed by atoms with Crippen LogP contribution in [0.1, 0.15) is 17.3 Å². The second-order valence-electron chi connectivity index (χ2n) is 4.72. The second-order valence-corrected chi connectivity index (χ2v) is 5.61. The van der Waals surface area contributed by atoms with Crippen LogP contribution >= 0.6 is 11.3 Å². The number of aliphatic carboxylic acids is 1. The van der Waals surface area contributed by atoms with Gasteiger partial charge in [-0.2, -0.15) is 0 Å². The molecule has 0 unspecified atom stereocenters. The predicted octanol–water partition coefficient (Wildman–Crippen LogP) is 0.972. The van der Waals surface area contributed by atoms with Crippen LogP contribution in [0.25, 0.3) is 0 Å². The standard InChI is InChI=1S/C11H12N2O6S/c1-11(19-3-9(14)15)5-12(6-11)10(16)7-2-8(13(17)18)20-4-7/h2,4H,3,5-6H2,1H3,(H,14,15). The van der Waals surface area contributed by atoms with Crippen LogP contribution in [0.4, 0.5) is 5.00 Å². The van der Waals surface area contributed by atoms with Crippen molar-refractivity contribution in [3.05, 3.63) is 27.1 Å². The Hall–Kier alpha value is -2.00. The number of ether oxygens (including phenoxy) is 1. The SMILES string of the molecule is CC1(OCC(=O)O)CN(C(=O)c2csc([N+](=O)[O-])c2)C1. The topological polar surface area (TPSA) is 110 Å². The summed E-state index contributed by atoms with van der Waals surface area (Å²) in [5.41, 5.74) is -0.405. The van der Waals surface area contributed by atoms with Gasteiger partial charge < -0.3 is 14.7 Å². The van der Waals surface area contributed by atoms with Gasteiger partial charge in [0.1, 0.15) is 12.2 Å². The predicted molar refractivity (Wildman–Crippen MR) is 68.9 cm³/mol. The van der Waals surface area contributed by atoms with Gasteiger partial charge in [-0.05, 0) is 6.92 Å². The van der Waals surface area contributed by atoms with Gasteiger partial charge in [0.2, 0.25) is 0 Å². The first-order valence-electron chi connectivity index (χ1n) is 5.69. The van der Waals surface area contributed by atoms with Crippen molar-refractivity contribution in [2.45, 2.75) is 12.5 Å². The largest absolute Gasteiger partial charge is 0.480 e. The summed E-state index contributed by atoms with van der Waals surface area (Å²) in [7, 11) is 0. The normalized spacial score (nSPS) is 16.6. The maximum Gasteiger partial charge on any atom is 0.329 e. The number of carboxylic acid groups (broad SMARTS) is 1. The molecule has 0 radical (unpaired) electrons. The third-order valence-corrected chi connectivity index (χ3v) is 3.77. The third kappa shape index (κ3) is 2.94. The maximum absolute atomic E-state index is 12.0. The zero-order valence-electron chi connectivity index (χ0n) is 10.6. The zero-order valence-corrected chi connectivity index (χ0v) is 11.4. The van der Waals surface area contributed by atoms with Crippen molar-refractivity contribution in [1.29, 1.82) is 0 Å². The van der Waals surface area contributed by atoms with E-state index in [1.54, 1.807) is 6.92 Å². The number of rotatable bonds is 5. The number of carbonyl (C=O) groups is 2. The summed E-state index contributed by atoms with van der Waals surface area (Å²) in [4.78, 5) is 33.9. The number of nitro groups is 1.